The van der Waals surface area contributed by atoms with Gasteiger partial charge in [0.1, 0.15) is 5.65 Å². The van der Waals surface area contributed by atoms with E-state index in [1.807, 2.05) is 24.4 Å². The van der Waals surface area contributed by atoms with E-state index in [0.717, 1.165) is 27.9 Å². The molecule has 3 aromatic rings. The van der Waals surface area contributed by atoms with Gasteiger partial charge in [0.2, 0.25) is 0 Å². The van der Waals surface area contributed by atoms with Crippen LogP contribution in [0.1, 0.15) is 63.9 Å². The summed E-state index contributed by atoms with van der Waals surface area (Å²) in [6.45, 7) is 14.8. The minimum atomic E-state index is -1.95. The lowest BCUT2D eigenvalue weighted by Gasteiger charge is -2.44. The maximum absolute atomic E-state index is 12.6. The fourth-order valence-electron chi connectivity index (χ4n) is 6.64. The molecule has 0 spiro atoms. The second-order valence-electron chi connectivity index (χ2n) is 11.3. The molecule has 4 rings (SSSR count). The first-order chi connectivity index (χ1) is 18.5. The number of nitrogens with zero attached hydrogens (tertiary/aromatic N) is 3. The highest BCUT2D eigenvalue weighted by Crippen LogP contribution is 2.44. The van der Waals surface area contributed by atoms with Crippen LogP contribution in [0.15, 0.2) is 48.8 Å². The molecule has 0 bridgehead atoms. The molecule has 1 amide bonds. The van der Waals surface area contributed by atoms with Gasteiger partial charge in [0.15, 0.2) is 8.24 Å². The molecule has 208 valence electrons. The zero-order valence-electron chi connectivity index (χ0n) is 24.0. The average molecular weight is 549 g/mol. The summed E-state index contributed by atoms with van der Waals surface area (Å²) in [5, 5.41) is 13.7. The van der Waals surface area contributed by atoms with Crippen molar-refractivity contribution in [2.24, 2.45) is 0 Å². The summed E-state index contributed by atoms with van der Waals surface area (Å²) in [6, 6.07) is 9.79. The molecule has 2 aromatic heterocycles. The number of amides is 1. The molecule has 9 heteroatoms. The number of esters is 1. The number of rotatable bonds is 8. The fourth-order valence-corrected chi connectivity index (χ4v) is 13.2. The Morgan fingerprint density at radius 2 is 1.74 bits per heavy atom. The first-order valence-electron chi connectivity index (χ1n) is 13.6. The number of nitrogens with one attached hydrogen (secondary N) is 1. The molecule has 0 saturated heterocycles. The quantitative estimate of drug-likeness (QED) is 0.226. The standard InChI is InChI=1S/C30H40N4O4Si/c1-19(2)39(20(3)4,21(5)6)34-15-12-24-16-25(18-31-28(24)34)32-27-17-23(8-9-26(27)29(35)38-7)22-10-13-33(14-11-22)30(36)37/h8-10,12,15-21,32H,11,13-14H2,1-7H3,(H,36,37). The topological polar surface area (TPSA) is 96.7 Å². The molecule has 0 aliphatic carbocycles. The molecule has 0 radical (unpaired) electrons. The van der Waals surface area contributed by atoms with Crippen molar-refractivity contribution in [1.29, 1.82) is 0 Å². The monoisotopic (exact) mass is 548 g/mol. The van der Waals surface area contributed by atoms with Crippen LogP contribution in [-0.4, -0.2) is 59.7 Å². The maximum Gasteiger partial charge on any atom is 0.407 e. The summed E-state index contributed by atoms with van der Waals surface area (Å²) in [6.07, 6.45) is 5.67. The molecular formula is C30H40N4O4Si. The van der Waals surface area contributed by atoms with Gasteiger partial charge in [-0.3, -0.25) is 0 Å². The highest BCUT2D eigenvalue weighted by atomic mass is 28.3. The summed E-state index contributed by atoms with van der Waals surface area (Å²) in [7, 11) is -0.579. The Hall–Kier alpha value is -3.59. The molecule has 8 nitrogen and oxygen atoms in total. The van der Waals surface area contributed by atoms with Crippen molar-refractivity contribution in [1.82, 2.24) is 14.1 Å². The van der Waals surface area contributed by atoms with Crippen molar-refractivity contribution in [2.45, 2.75) is 64.6 Å². The number of aromatic nitrogens is 2. The van der Waals surface area contributed by atoms with E-state index < -0.39 is 20.3 Å². The molecule has 3 heterocycles. The maximum atomic E-state index is 12.6. The first kappa shape index (κ1) is 28.4. The van der Waals surface area contributed by atoms with Crippen LogP contribution in [0.4, 0.5) is 16.2 Å². The van der Waals surface area contributed by atoms with E-state index in [2.05, 4.69) is 69.4 Å². The van der Waals surface area contributed by atoms with E-state index in [1.165, 1.54) is 12.0 Å². The molecular weight excluding hydrogens is 508 g/mol. The van der Waals surface area contributed by atoms with Gasteiger partial charge in [-0.25, -0.2) is 14.6 Å². The molecule has 0 unspecified atom stereocenters. The summed E-state index contributed by atoms with van der Waals surface area (Å²) in [4.78, 5) is 30.2. The fraction of sp³-hybridized carbons (Fsp3) is 0.433. The largest absolute Gasteiger partial charge is 0.465 e. The van der Waals surface area contributed by atoms with Crippen LogP contribution < -0.4 is 5.32 Å². The third-order valence-electron chi connectivity index (χ3n) is 8.27. The number of fused-ring (bicyclic) bond motifs is 1. The number of carbonyl (C=O) groups is 2. The van der Waals surface area contributed by atoms with E-state index in [1.54, 1.807) is 6.07 Å². The molecule has 1 aliphatic heterocycles. The lowest BCUT2D eigenvalue weighted by molar-refractivity contribution is 0.0601. The van der Waals surface area contributed by atoms with Gasteiger partial charge in [-0.2, -0.15) is 0 Å². The number of benzene rings is 1. The highest BCUT2D eigenvalue weighted by Gasteiger charge is 2.46. The highest BCUT2D eigenvalue weighted by molar-refractivity contribution is 6.82. The SMILES string of the molecule is COC(=O)c1ccc(C2=CCN(C(=O)O)CC2)cc1Nc1cnc2c(ccn2[Si](C(C)C)(C(C)C)C(C)C)c1. The van der Waals surface area contributed by atoms with Gasteiger partial charge in [0.05, 0.1) is 30.2 Å². The number of methoxy groups -OCH3 is 1. The Morgan fingerprint density at radius 1 is 1.05 bits per heavy atom. The van der Waals surface area contributed by atoms with Crippen LogP contribution in [0, 0.1) is 0 Å². The smallest absolute Gasteiger partial charge is 0.407 e. The molecule has 39 heavy (non-hydrogen) atoms. The van der Waals surface area contributed by atoms with Crippen molar-refractivity contribution >= 4 is 48.3 Å². The van der Waals surface area contributed by atoms with E-state index in [0.29, 0.717) is 47.4 Å². The molecule has 2 N–H and O–H groups in total. The average Bonchev–Trinajstić information content (AvgIpc) is 3.31. The van der Waals surface area contributed by atoms with Gasteiger partial charge < -0.3 is 24.3 Å². The minimum absolute atomic E-state index is 0.345. The van der Waals surface area contributed by atoms with Crippen LogP contribution in [0.5, 0.6) is 0 Å². The van der Waals surface area contributed by atoms with Crippen LogP contribution in [0.3, 0.4) is 0 Å². The number of carboxylic acid groups (broad SMARTS) is 1. The second kappa shape index (κ2) is 11.3. The van der Waals surface area contributed by atoms with Gasteiger partial charge in [-0.1, -0.05) is 53.7 Å². The minimum Gasteiger partial charge on any atom is -0.465 e. The Morgan fingerprint density at radius 3 is 2.31 bits per heavy atom. The Labute approximate surface area is 231 Å². The zero-order valence-corrected chi connectivity index (χ0v) is 25.0. The molecule has 0 saturated carbocycles. The van der Waals surface area contributed by atoms with Crippen LogP contribution in [0.25, 0.3) is 16.6 Å². The number of hydrogen-bond donors (Lipinski definition) is 2. The second-order valence-corrected chi connectivity index (χ2v) is 17.0. The van der Waals surface area contributed by atoms with E-state index >= 15 is 0 Å². The number of carbonyl (C=O) groups excluding carboxylic acids is 1. The Kier molecular flexibility index (Phi) is 8.20. The number of pyridine rings is 1. The van der Waals surface area contributed by atoms with Crippen molar-refractivity contribution in [3.63, 3.8) is 0 Å². The number of ether oxygens (including phenoxy) is 1. The molecule has 1 aliphatic rings. The van der Waals surface area contributed by atoms with Crippen molar-refractivity contribution in [3.8, 4) is 0 Å². The summed E-state index contributed by atoms with van der Waals surface area (Å²) in [5.74, 6) is -0.430. The van der Waals surface area contributed by atoms with Crippen molar-refractivity contribution in [2.75, 3.05) is 25.5 Å². The van der Waals surface area contributed by atoms with Crippen molar-refractivity contribution < 1.29 is 19.4 Å². The normalized spacial score (nSPS) is 14.3. The third kappa shape index (κ3) is 5.19. The lowest BCUT2D eigenvalue weighted by Crippen LogP contribution is -2.51. The zero-order chi connectivity index (χ0) is 28.5. The third-order valence-corrected chi connectivity index (χ3v) is 15.0. The Balaban J connectivity index is 1.72. The number of hydrogen-bond acceptors (Lipinski definition) is 5. The van der Waals surface area contributed by atoms with Crippen LogP contribution in [0.2, 0.25) is 16.6 Å². The van der Waals surface area contributed by atoms with Gasteiger partial charge in [0.25, 0.3) is 0 Å². The van der Waals surface area contributed by atoms with Gasteiger partial charge in [-0.15, -0.1) is 0 Å². The van der Waals surface area contributed by atoms with Crippen LogP contribution >= 0.6 is 0 Å². The summed E-state index contributed by atoms with van der Waals surface area (Å²) >= 11 is 0. The van der Waals surface area contributed by atoms with E-state index in [-0.39, 0.29) is 0 Å². The predicted octanol–water partition coefficient (Wildman–Crippen LogP) is 7.36. The first-order valence-corrected chi connectivity index (χ1v) is 15.8. The van der Waals surface area contributed by atoms with Crippen molar-refractivity contribution in [3.05, 3.63) is 59.9 Å². The summed E-state index contributed by atoms with van der Waals surface area (Å²) in [5.41, 5.74) is 6.47. The van der Waals surface area contributed by atoms with Gasteiger partial charge in [-0.05, 0) is 64.6 Å². The summed E-state index contributed by atoms with van der Waals surface area (Å²) < 4.78 is 7.53. The molecule has 0 atom stereocenters. The van der Waals surface area contributed by atoms with Gasteiger partial charge in [0, 0.05) is 18.5 Å². The van der Waals surface area contributed by atoms with Crippen LogP contribution in [-0.2, 0) is 4.74 Å². The molecule has 0 fully saturated rings. The number of anilines is 2. The predicted molar refractivity (Wildman–Crippen MR) is 159 cm³/mol. The lowest BCUT2D eigenvalue weighted by atomic mass is 9.97. The van der Waals surface area contributed by atoms with Gasteiger partial charge >= 0.3 is 12.1 Å². The Bertz CT molecular complexity index is 1390. The molecule has 1 aromatic carbocycles. The van der Waals surface area contributed by atoms with E-state index in [9.17, 15) is 14.7 Å². The van der Waals surface area contributed by atoms with E-state index in [4.69, 9.17) is 9.72 Å².